The van der Waals surface area contributed by atoms with E-state index in [0.717, 1.165) is 0 Å². The summed E-state index contributed by atoms with van der Waals surface area (Å²) in [5.74, 6) is -1.13. The van der Waals surface area contributed by atoms with Crippen molar-refractivity contribution in [3.8, 4) is 0 Å². The third kappa shape index (κ3) is 8.35. The van der Waals surface area contributed by atoms with Crippen LogP contribution in [0, 0.1) is 12.8 Å². The van der Waals surface area contributed by atoms with Gasteiger partial charge in [0.2, 0.25) is 5.89 Å². The molecule has 0 bridgehead atoms. The second-order valence-electron chi connectivity index (χ2n) is 10.8. The van der Waals surface area contributed by atoms with Crippen LogP contribution in [0.2, 0.25) is 0 Å². The van der Waals surface area contributed by atoms with Crippen LogP contribution in [0.15, 0.2) is 15.2 Å². The molecule has 3 aromatic rings. The molecular weight excluding hydrogens is 584 g/mol. The Labute approximate surface area is 251 Å². The fourth-order valence-corrected chi connectivity index (χ4v) is 5.45. The Morgan fingerprint density at radius 3 is 2.10 bits per heavy atom. The molecule has 0 saturated carbocycles. The summed E-state index contributed by atoms with van der Waals surface area (Å²) in [6.07, 6.45) is -0.582. The number of aryl methyl sites for hydroxylation is 1. The van der Waals surface area contributed by atoms with E-state index < -0.39 is 47.6 Å². The minimum atomic E-state index is -0.678. The minimum absolute atomic E-state index is 0.0412. The van der Waals surface area contributed by atoms with Gasteiger partial charge < -0.3 is 29.8 Å². The molecule has 0 aliphatic carbocycles. The van der Waals surface area contributed by atoms with E-state index in [-0.39, 0.29) is 34.7 Å². The Bertz CT molecular complexity index is 1440. The van der Waals surface area contributed by atoms with Crippen molar-refractivity contribution < 1.29 is 33.1 Å². The van der Waals surface area contributed by atoms with Gasteiger partial charge in [-0.15, -0.1) is 22.7 Å². The van der Waals surface area contributed by atoms with Crippen LogP contribution >= 0.6 is 22.7 Å². The molecule has 3 heterocycles. The van der Waals surface area contributed by atoms with Crippen LogP contribution in [-0.2, 0) is 9.47 Å². The van der Waals surface area contributed by atoms with Gasteiger partial charge >= 0.3 is 12.1 Å². The number of amides is 3. The van der Waals surface area contributed by atoms with Crippen LogP contribution in [0.4, 0.5) is 4.79 Å². The van der Waals surface area contributed by atoms with Crippen LogP contribution in [-0.4, -0.2) is 51.5 Å². The first kappa shape index (κ1) is 32.7. The molecular formula is C27H36N6O7S2. The van der Waals surface area contributed by atoms with E-state index in [1.165, 1.54) is 29.8 Å². The average Bonchev–Trinajstić information content (AvgIpc) is 3.65. The van der Waals surface area contributed by atoms with E-state index in [0.29, 0.717) is 10.0 Å². The topological polar surface area (TPSA) is 175 Å². The van der Waals surface area contributed by atoms with Crippen molar-refractivity contribution in [2.45, 2.75) is 79.1 Å². The molecule has 13 nitrogen and oxygen atoms in total. The van der Waals surface area contributed by atoms with Gasteiger partial charge in [-0.2, -0.15) is 0 Å². The number of hydrogen-bond acceptors (Lipinski definition) is 12. The van der Waals surface area contributed by atoms with Gasteiger partial charge in [-0.05, 0) is 47.5 Å². The highest BCUT2D eigenvalue weighted by molar-refractivity contribution is 7.10. The summed E-state index contributed by atoms with van der Waals surface area (Å²) in [5, 5.41) is 12.6. The largest absolute Gasteiger partial charge is 0.464 e. The number of alkyl carbamates (subject to hydrolysis) is 1. The first-order chi connectivity index (χ1) is 19.6. The summed E-state index contributed by atoms with van der Waals surface area (Å²) in [5.41, 5.74) is -0.238. The third-order valence-corrected chi connectivity index (χ3v) is 7.70. The van der Waals surface area contributed by atoms with Gasteiger partial charge in [0.25, 0.3) is 11.8 Å². The minimum Gasteiger partial charge on any atom is -0.464 e. The Balaban J connectivity index is 1.65. The highest BCUT2D eigenvalue weighted by Gasteiger charge is 2.28. The standard InChI is InChI=1S/C27H36N6O7S2/c1-12(2)18(24-31-17(11-42-24)25(36)38-9)32-21(35)19-15(5)39-22(33-19)13(3)28-20(34)16-10-41-23(30-16)14(4)29-26(37)40-27(6,7)8/h10-14,18H,1-9H3,(H,28,34)(H,29,37)(H,32,35)/t13-,14-,18-/m1/s1. The molecule has 0 fully saturated rings. The molecule has 0 radical (unpaired) electrons. The van der Waals surface area contributed by atoms with Gasteiger partial charge in [0.05, 0.1) is 19.2 Å². The van der Waals surface area contributed by atoms with Gasteiger partial charge in [-0.3, -0.25) is 9.59 Å². The number of thiazole rings is 2. The van der Waals surface area contributed by atoms with E-state index >= 15 is 0 Å². The number of aromatic nitrogens is 3. The first-order valence-corrected chi connectivity index (χ1v) is 14.9. The normalized spacial score (nSPS) is 13.7. The third-order valence-electron chi connectivity index (χ3n) is 5.74. The molecule has 3 amide bonds. The molecule has 0 saturated heterocycles. The second-order valence-corrected chi connectivity index (χ2v) is 12.6. The summed E-state index contributed by atoms with van der Waals surface area (Å²) < 4.78 is 15.7. The number of carbonyl (C=O) groups is 4. The summed E-state index contributed by atoms with van der Waals surface area (Å²) in [6, 6.07) is -1.63. The molecule has 3 rings (SSSR count). The Morgan fingerprint density at radius 2 is 1.48 bits per heavy atom. The van der Waals surface area contributed by atoms with Crippen LogP contribution in [0.25, 0.3) is 0 Å². The van der Waals surface area contributed by atoms with E-state index in [4.69, 9.17) is 13.9 Å². The molecule has 0 aliphatic heterocycles. The smallest absolute Gasteiger partial charge is 0.408 e. The van der Waals surface area contributed by atoms with E-state index in [9.17, 15) is 19.2 Å². The number of hydrogen-bond donors (Lipinski definition) is 3. The summed E-state index contributed by atoms with van der Waals surface area (Å²) in [4.78, 5) is 62.9. The highest BCUT2D eigenvalue weighted by Crippen LogP contribution is 2.27. The fraction of sp³-hybridized carbons (Fsp3) is 0.519. The number of nitrogens with zero attached hydrogens (tertiary/aromatic N) is 3. The number of ether oxygens (including phenoxy) is 2. The number of rotatable bonds is 10. The predicted molar refractivity (Wildman–Crippen MR) is 156 cm³/mol. The lowest BCUT2D eigenvalue weighted by Crippen LogP contribution is -2.34. The van der Waals surface area contributed by atoms with Crippen LogP contribution in [0.5, 0.6) is 0 Å². The maximum absolute atomic E-state index is 13.2. The van der Waals surface area contributed by atoms with Gasteiger partial charge in [0.15, 0.2) is 11.4 Å². The summed E-state index contributed by atoms with van der Waals surface area (Å²) >= 11 is 2.47. The van der Waals surface area contributed by atoms with Crippen molar-refractivity contribution in [1.29, 1.82) is 0 Å². The van der Waals surface area contributed by atoms with E-state index in [1.54, 1.807) is 52.3 Å². The molecule has 3 aromatic heterocycles. The SMILES string of the molecule is COC(=O)c1csc([C@H](NC(=O)c2nc([C@@H](C)NC(=O)c3csc([C@@H](C)NC(=O)OC(C)(C)C)n3)oc2C)C(C)C)n1. The van der Waals surface area contributed by atoms with Gasteiger partial charge in [-0.25, -0.2) is 24.5 Å². The quantitative estimate of drug-likeness (QED) is 0.265. The molecule has 0 spiro atoms. The molecule has 0 aliphatic rings. The van der Waals surface area contributed by atoms with Gasteiger partial charge in [-0.1, -0.05) is 13.8 Å². The Morgan fingerprint density at radius 1 is 0.857 bits per heavy atom. The lowest BCUT2D eigenvalue weighted by atomic mass is 10.0. The highest BCUT2D eigenvalue weighted by atomic mass is 32.1. The van der Waals surface area contributed by atoms with E-state index in [2.05, 4.69) is 30.9 Å². The number of oxazole rings is 1. The number of carbonyl (C=O) groups excluding carboxylic acids is 4. The zero-order valence-corrected chi connectivity index (χ0v) is 26.6. The maximum Gasteiger partial charge on any atom is 0.408 e. The number of methoxy groups -OCH3 is 1. The second kappa shape index (κ2) is 13.4. The lowest BCUT2D eigenvalue weighted by molar-refractivity contribution is 0.0506. The molecule has 42 heavy (non-hydrogen) atoms. The van der Waals surface area contributed by atoms with Crippen molar-refractivity contribution in [1.82, 2.24) is 30.9 Å². The molecule has 0 aromatic carbocycles. The zero-order chi connectivity index (χ0) is 31.4. The van der Waals surface area contributed by atoms with Crippen LogP contribution in [0.3, 0.4) is 0 Å². The lowest BCUT2D eigenvalue weighted by Gasteiger charge is -2.21. The average molecular weight is 621 g/mol. The van der Waals surface area contributed by atoms with Crippen molar-refractivity contribution in [2.75, 3.05) is 7.11 Å². The van der Waals surface area contributed by atoms with Crippen LogP contribution in [0.1, 0.15) is 120 Å². The monoisotopic (exact) mass is 620 g/mol. The van der Waals surface area contributed by atoms with Crippen molar-refractivity contribution in [3.63, 3.8) is 0 Å². The zero-order valence-electron chi connectivity index (χ0n) is 25.0. The molecule has 15 heteroatoms. The predicted octanol–water partition coefficient (Wildman–Crippen LogP) is 4.89. The first-order valence-electron chi connectivity index (χ1n) is 13.2. The molecule has 3 N–H and O–H groups in total. The maximum atomic E-state index is 13.2. The van der Waals surface area contributed by atoms with Crippen molar-refractivity contribution in [3.05, 3.63) is 49.5 Å². The van der Waals surface area contributed by atoms with Crippen molar-refractivity contribution >= 4 is 46.6 Å². The van der Waals surface area contributed by atoms with Gasteiger partial charge in [0.1, 0.15) is 33.1 Å². The number of nitrogens with one attached hydrogen (secondary N) is 3. The number of esters is 1. The molecule has 228 valence electrons. The summed E-state index contributed by atoms with van der Waals surface area (Å²) in [7, 11) is 1.28. The van der Waals surface area contributed by atoms with Crippen LogP contribution < -0.4 is 16.0 Å². The van der Waals surface area contributed by atoms with Crippen molar-refractivity contribution in [2.24, 2.45) is 5.92 Å². The Kier molecular flexibility index (Phi) is 10.4. The molecule has 0 unspecified atom stereocenters. The van der Waals surface area contributed by atoms with Gasteiger partial charge in [0, 0.05) is 10.8 Å². The summed E-state index contributed by atoms with van der Waals surface area (Å²) in [6.45, 7) is 14.2. The van der Waals surface area contributed by atoms with E-state index in [1.807, 2.05) is 13.8 Å². The Hall–Kier alpha value is -3.85. The fourth-order valence-electron chi connectivity index (χ4n) is 3.63. The molecule has 3 atom stereocenters.